The Morgan fingerprint density at radius 1 is 1.20 bits per heavy atom. The van der Waals surface area contributed by atoms with Crippen LogP contribution >= 0.6 is 0 Å². The Morgan fingerprint density at radius 3 is 2.72 bits per heavy atom. The lowest BCUT2D eigenvalue weighted by molar-refractivity contribution is -0.119. The molecule has 0 radical (unpaired) electrons. The van der Waals surface area contributed by atoms with Crippen LogP contribution in [0.1, 0.15) is 11.4 Å². The summed E-state index contributed by atoms with van der Waals surface area (Å²) in [5, 5.41) is 0.585. The molecule has 1 aliphatic heterocycles. The second kappa shape index (κ2) is 5.73. The molecule has 6 heteroatoms. The number of benzene rings is 2. The lowest BCUT2D eigenvalue weighted by Crippen LogP contribution is -2.43. The zero-order valence-corrected chi connectivity index (χ0v) is 13.8. The minimum atomic E-state index is -0.430. The lowest BCUT2D eigenvalue weighted by atomic mass is 10.1. The highest BCUT2D eigenvalue weighted by atomic mass is 16.1. The molecule has 1 atom stereocenters. The molecule has 0 aliphatic carbocycles. The molecule has 0 spiro atoms. The quantitative estimate of drug-likeness (QED) is 0.784. The van der Waals surface area contributed by atoms with Crippen molar-refractivity contribution in [2.45, 2.75) is 19.0 Å². The third-order valence-corrected chi connectivity index (χ3v) is 4.81. The molecule has 6 nitrogen and oxygen atoms in total. The number of hydrogen-bond acceptors (Lipinski definition) is 4. The summed E-state index contributed by atoms with van der Waals surface area (Å²) < 4.78 is 1.54. The molecular formula is C19H18N4O2. The Kier molecular flexibility index (Phi) is 3.53. The van der Waals surface area contributed by atoms with Crippen LogP contribution < -0.4 is 16.2 Å². The van der Waals surface area contributed by atoms with E-state index in [2.05, 4.69) is 4.98 Å². The average Bonchev–Trinajstić information content (AvgIpc) is 2.98. The molecule has 1 amide bonds. The predicted octanol–water partition coefficient (Wildman–Crippen LogP) is 1.35. The maximum atomic E-state index is 12.6. The zero-order valence-electron chi connectivity index (χ0n) is 13.8. The van der Waals surface area contributed by atoms with Gasteiger partial charge in [-0.25, -0.2) is 4.98 Å². The number of nitrogens with zero attached hydrogens (tertiary/aromatic N) is 3. The minimum absolute atomic E-state index is 0.0938. The number of para-hydroxylation sites is 2. The van der Waals surface area contributed by atoms with Gasteiger partial charge in [0.2, 0.25) is 5.91 Å². The molecule has 1 aromatic heterocycles. The molecule has 126 valence electrons. The third kappa shape index (κ3) is 2.46. The summed E-state index contributed by atoms with van der Waals surface area (Å²) in [6.07, 6.45) is 0.576. The van der Waals surface area contributed by atoms with E-state index in [4.69, 9.17) is 5.73 Å². The Hall–Kier alpha value is -3.15. The number of anilines is 1. The van der Waals surface area contributed by atoms with Gasteiger partial charge in [0.15, 0.2) is 0 Å². The molecule has 0 bridgehead atoms. The summed E-state index contributed by atoms with van der Waals surface area (Å²) in [7, 11) is 1.71. The third-order valence-electron chi connectivity index (χ3n) is 4.81. The number of aromatic nitrogens is 2. The monoisotopic (exact) mass is 334 g/mol. The highest BCUT2D eigenvalue weighted by Crippen LogP contribution is 2.32. The molecule has 0 saturated heterocycles. The van der Waals surface area contributed by atoms with Gasteiger partial charge in [0.1, 0.15) is 11.9 Å². The smallest absolute Gasteiger partial charge is 0.261 e. The summed E-state index contributed by atoms with van der Waals surface area (Å²) in [5.74, 6) is 0.230. The maximum absolute atomic E-state index is 12.6. The molecule has 0 saturated carbocycles. The standard InChI is InChI=1S/C19H18N4O2/c1-22-17(21-14-8-4-3-7-13(14)19(22)25)11-23-15-9-5-2-6-12(15)10-16(23)18(20)24/h2-9,16H,10-11H2,1H3,(H2,20,24)/t16-/m0/s1. The Labute approximate surface area is 144 Å². The van der Waals surface area contributed by atoms with Crippen molar-refractivity contribution >= 4 is 22.5 Å². The van der Waals surface area contributed by atoms with Crippen LogP contribution in [0.15, 0.2) is 53.3 Å². The lowest BCUT2D eigenvalue weighted by Gasteiger charge is -2.25. The van der Waals surface area contributed by atoms with Gasteiger partial charge < -0.3 is 10.6 Å². The maximum Gasteiger partial charge on any atom is 0.261 e. The molecule has 0 fully saturated rings. The average molecular weight is 334 g/mol. The number of carbonyl (C=O) groups is 1. The number of nitrogens with two attached hydrogens (primary N) is 1. The molecule has 2 heterocycles. The van der Waals surface area contributed by atoms with Crippen LogP contribution in [0, 0.1) is 0 Å². The van der Waals surface area contributed by atoms with Gasteiger partial charge in [0.25, 0.3) is 5.56 Å². The van der Waals surface area contributed by atoms with Gasteiger partial charge in [-0.3, -0.25) is 14.2 Å². The fourth-order valence-electron chi connectivity index (χ4n) is 3.46. The highest BCUT2D eigenvalue weighted by molar-refractivity contribution is 5.87. The molecule has 3 aromatic rings. The van der Waals surface area contributed by atoms with Crippen molar-refractivity contribution in [1.82, 2.24) is 9.55 Å². The molecule has 2 N–H and O–H groups in total. The first-order valence-electron chi connectivity index (χ1n) is 8.15. The van der Waals surface area contributed by atoms with E-state index in [9.17, 15) is 9.59 Å². The van der Waals surface area contributed by atoms with Gasteiger partial charge >= 0.3 is 0 Å². The normalized spacial score (nSPS) is 16.2. The fourth-order valence-corrected chi connectivity index (χ4v) is 3.46. The van der Waals surface area contributed by atoms with E-state index >= 15 is 0 Å². The molecule has 0 unspecified atom stereocenters. The van der Waals surface area contributed by atoms with Gasteiger partial charge in [0.05, 0.1) is 17.4 Å². The van der Waals surface area contributed by atoms with Crippen LogP contribution in [0.3, 0.4) is 0 Å². The highest BCUT2D eigenvalue weighted by Gasteiger charge is 2.33. The number of amides is 1. The molecule has 1 aliphatic rings. The van der Waals surface area contributed by atoms with Crippen molar-refractivity contribution in [2.75, 3.05) is 4.90 Å². The van der Waals surface area contributed by atoms with E-state index in [1.807, 2.05) is 47.4 Å². The van der Waals surface area contributed by atoms with E-state index in [0.717, 1.165) is 11.3 Å². The summed E-state index contributed by atoms with van der Waals surface area (Å²) in [4.78, 5) is 31.1. The van der Waals surface area contributed by atoms with Crippen LogP contribution in [0.25, 0.3) is 10.9 Å². The zero-order chi connectivity index (χ0) is 17.6. The first kappa shape index (κ1) is 15.4. The van der Waals surface area contributed by atoms with E-state index in [1.54, 1.807) is 17.7 Å². The van der Waals surface area contributed by atoms with Crippen LogP contribution in [0.4, 0.5) is 5.69 Å². The number of rotatable bonds is 3. The van der Waals surface area contributed by atoms with Gasteiger partial charge in [-0.15, -0.1) is 0 Å². The van der Waals surface area contributed by atoms with Crippen molar-refractivity contribution in [3.63, 3.8) is 0 Å². The van der Waals surface area contributed by atoms with Gasteiger partial charge in [-0.2, -0.15) is 0 Å². The fraction of sp³-hybridized carbons (Fsp3) is 0.211. The van der Waals surface area contributed by atoms with Crippen LogP contribution in [-0.2, 0) is 24.8 Å². The predicted molar refractivity (Wildman–Crippen MR) is 96.3 cm³/mol. The SMILES string of the molecule is Cn1c(CN2c3ccccc3C[C@H]2C(N)=O)nc2ccccc2c1=O. The van der Waals surface area contributed by atoms with Crippen LogP contribution in [0.5, 0.6) is 0 Å². The van der Waals surface area contributed by atoms with E-state index in [0.29, 0.717) is 29.7 Å². The summed E-state index contributed by atoms with van der Waals surface area (Å²) in [6.45, 7) is 0.348. The number of hydrogen-bond donors (Lipinski definition) is 1. The van der Waals surface area contributed by atoms with Crippen molar-refractivity contribution in [3.05, 3.63) is 70.3 Å². The molecule has 25 heavy (non-hydrogen) atoms. The largest absolute Gasteiger partial charge is 0.368 e. The number of primary amides is 1. The second-order valence-corrected chi connectivity index (χ2v) is 6.29. The Bertz CT molecular complexity index is 1040. The van der Waals surface area contributed by atoms with Gasteiger partial charge in [-0.05, 0) is 23.8 Å². The Balaban J connectivity index is 1.81. The van der Waals surface area contributed by atoms with Gasteiger partial charge in [0, 0.05) is 19.2 Å². The first-order valence-corrected chi connectivity index (χ1v) is 8.15. The molecule has 4 rings (SSSR count). The summed E-state index contributed by atoms with van der Waals surface area (Å²) in [6, 6.07) is 14.7. The van der Waals surface area contributed by atoms with E-state index in [1.165, 1.54) is 0 Å². The number of fused-ring (bicyclic) bond motifs is 2. The van der Waals surface area contributed by atoms with Crippen molar-refractivity contribution < 1.29 is 4.79 Å². The van der Waals surface area contributed by atoms with E-state index in [-0.39, 0.29) is 11.5 Å². The van der Waals surface area contributed by atoms with E-state index < -0.39 is 6.04 Å². The Morgan fingerprint density at radius 2 is 1.92 bits per heavy atom. The second-order valence-electron chi connectivity index (χ2n) is 6.29. The first-order chi connectivity index (χ1) is 12.1. The van der Waals surface area contributed by atoms with Crippen molar-refractivity contribution in [2.24, 2.45) is 12.8 Å². The number of carbonyl (C=O) groups excluding carboxylic acids is 1. The minimum Gasteiger partial charge on any atom is -0.368 e. The topological polar surface area (TPSA) is 81.2 Å². The van der Waals surface area contributed by atoms with Crippen molar-refractivity contribution in [1.29, 1.82) is 0 Å². The van der Waals surface area contributed by atoms with Gasteiger partial charge in [-0.1, -0.05) is 30.3 Å². The molecular weight excluding hydrogens is 316 g/mol. The summed E-state index contributed by atoms with van der Waals surface area (Å²) in [5.41, 5.74) is 8.22. The van der Waals surface area contributed by atoms with Crippen molar-refractivity contribution in [3.8, 4) is 0 Å². The molecule has 2 aromatic carbocycles. The van der Waals surface area contributed by atoms with Crippen LogP contribution in [-0.4, -0.2) is 21.5 Å². The van der Waals surface area contributed by atoms with Crippen LogP contribution in [0.2, 0.25) is 0 Å². The summed E-state index contributed by atoms with van der Waals surface area (Å²) >= 11 is 0.